The highest BCUT2D eigenvalue weighted by Crippen LogP contribution is 2.05. The Hall–Kier alpha value is -1.13. The lowest BCUT2D eigenvalue weighted by Crippen LogP contribution is -2.46. The molecule has 1 fully saturated rings. The van der Waals surface area contributed by atoms with Gasteiger partial charge < -0.3 is 10.6 Å². The second kappa shape index (κ2) is 7.34. The van der Waals surface area contributed by atoms with E-state index in [0.29, 0.717) is 6.42 Å². The Bertz CT molecular complexity index is 377. The van der Waals surface area contributed by atoms with Crippen molar-refractivity contribution in [3.63, 3.8) is 0 Å². The molecule has 1 aromatic carbocycles. The molecule has 2 N–H and O–H groups in total. The van der Waals surface area contributed by atoms with Crippen LogP contribution in [-0.2, 0) is 11.2 Å². The molecule has 5 heteroatoms. The van der Waals surface area contributed by atoms with Crippen LogP contribution in [0.25, 0.3) is 0 Å². The molecular formula is C13H18ClFN2O. The average Bonchev–Trinajstić information content (AvgIpc) is 2.33. The summed E-state index contributed by atoms with van der Waals surface area (Å²) in [5, 5.41) is 6.23. The van der Waals surface area contributed by atoms with Crippen LogP contribution in [0.5, 0.6) is 0 Å². The summed E-state index contributed by atoms with van der Waals surface area (Å²) in [6.07, 6.45) is 2.44. The SMILES string of the molecule is Cl.O=C(Cc1ccc(F)cc1)NC1CCCNC1. The van der Waals surface area contributed by atoms with Crippen LogP contribution < -0.4 is 10.6 Å². The summed E-state index contributed by atoms with van der Waals surface area (Å²) in [5.74, 6) is -0.268. The van der Waals surface area contributed by atoms with Gasteiger partial charge in [0, 0.05) is 12.6 Å². The van der Waals surface area contributed by atoms with E-state index in [0.717, 1.165) is 31.5 Å². The number of carbonyl (C=O) groups excluding carboxylic acids is 1. The maximum absolute atomic E-state index is 12.7. The molecule has 0 spiro atoms. The highest BCUT2D eigenvalue weighted by atomic mass is 35.5. The monoisotopic (exact) mass is 272 g/mol. The number of nitrogens with one attached hydrogen (secondary N) is 2. The minimum absolute atomic E-state index is 0. The molecule has 0 bridgehead atoms. The molecule has 1 amide bonds. The smallest absolute Gasteiger partial charge is 0.224 e. The maximum Gasteiger partial charge on any atom is 0.224 e. The van der Waals surface area contributed by atoms with Gasteiger partial charge in [-0.1, -0.05) is 12.1 Å². The molecular weight excluding hydrogens is 255 g/mol. The van der Waals surface area contributed by atoms with Crippen molar-refractivity contribution in [2.75, 3.05) is 13.1 Å². The van der Waals surface area contributed by atoms with Crippen LogP contribution in [-0.4, -0.2) is 25.0 Å². The summed E-state index contributed by atoms with van der Waals surface area (Å²) >= 11 is 0. The van der Waals surface area contributed by atoms with Crippen molar-refractivity contribution < 1.29 is 9.18 Å². The quantitative estimate of drug-likeness (QED) is 0.879. The molecule has 3 nitrogen and oxygen atoms in total. The number of rotatable bonds is 3. The highest BCUT2D eigenvalue weighted by Gasteiger charge is 2.15. The summed E-state index contributed by atoms with van der Waals surface area (Å²) in [4.78, 5) is 11.7. The largest absolute Gasteiger partial charge is 0.352 e. The van der Waals surface area contributed by atoms with Crippen LogP contribution >= 0.6 is 12.4 Å². The van der Waals surface area contributed by atoms with Gasteiger partial charge in [-0.15, -0.1) is 12.4 Å². The molecule has 1 aliphatic rings. The van der Waals surface area contributed by atoms with Gasteiger partial charge in [0.05, 0.1) is 6.42 Å². The topological polar surface area (TPSA) is 41.1 Å². The third-order valence-electron chi connectivity index (χ3n) is 2.94. The van der Waals surface area contributed by atoms with Crippen molar-refractivity contribution in [2.24, 2.45) is 0 Å². The van der Waals surface area contributed by atoms with Crippen LogP contribution in [0.15, 0.2) is 24.3 Å². The van der Waals surface area contributed by atoms with Crippen LogP contribution in [0.4, 0.5) is 4.39 Å². The van der Waals surface area contributed by atoms with Gasteiger partial charge in [0.25, 0.3) is 0 Å². The average molecular weight is 273 g/mol. The molecule has 100 valence electrons. The van der Waals surface area contributed by atoms with Crippen molar-refractivity contribution in [2.45, 2.75) is 25.3 Å². The predicted octanol–water partition coefficient (Wildman–Crippen LogP) is 1.66. The number of hydrogen-bond acceptors (Lipinski definition) is 2. The van der Waals surface area contributed by atoms with E-state index in [9.17, 15) is 9.18 Å². The van der Waals surface area contributed by atoms with E-state index in [1.54, 1.807) is 12.1 Å². The first-order valence-electron chi connectivity index (χ1n) is 5.98. The van der Waals surface area contributed by atoms with Crippen LogP contribution in [0.3, 0.4) is 0 Å². The van der Waals surface area contributed by atoms with Gasteiger partial charge in [-0.3, -0.25) is 4.79 Å². The summed E-state index contributed by atoms with van der Waals surface area (Å²) in [5.41, 5.74) is 0.840. The Morgan fingerprint density at radius 2 is 2.11 bits per heavy atom. The molecule has 0 radical (unpaired) electrons. The third kappa shape index (κ3) is 4.63. The van der Waals surface area contributed by atoms with Crippen LogP contribution in [0.2, 0.25) is 0 Å². The minimum Gasteiger partial charge on any atom is -0.352 e. The summed E-state index contributed by atoms with van der Waals surface area (Å²) in [6, 6.07) is 6.29. The third-order valence-corrected chi connectivity index (χ3v) is 2.94. The predicted molar refractivity (Wildman–Crippen MR) is 71.4 cm³/mol. The van der Waals surface area contributed by atoms with Gasteiger partial charge in [-0.05, 0) is 37.1 Å². The Kier molecular flexibility index (Phi) is 6.09. The van der Waals surface area contributed by atoms with Crippen LogP contribution in [0.1, 0.15) is 18.4 Å². The zero-order valence-electron chi connectivity index (χ0n) is 10.1. The van der Waals surface area contributed by atoms with Crippen molar-refractivity contribution in [3.8, 4) is 0 Å². The summed E-state index contributed by atoms with van der Waals surface area (Å²) in [6.45, 7) is 1.87. The Balaban J connectivity index is 0.00000162. The van der Waals surface area contributed by atoms with E-state index in [-0.39, 0.29) is 30.2 Å². The number of carbonyl (C=O) groups is 1. The molecule has 0 aliphatic carbocycles. The standard InChI is InChI=1S/C13H17FN2O.ClH/c14-11-5-3-10(4-6-11)8-13(17)16-12-2-1-7-15-9-12;/h3-6,12,15H,1-2,7-9H2,(H,16,17);1H. The van der Waals surface area contributed by atoms with Gasteiger partial charge >= 0.3 is 0 Å². The van der Waals surface area contributed by atoms with Gasteiger partial charge in [-0.2, -0.15) is 0 Å². The molecule has 1 atom stereocenters. The first-order valence-corrected chi connectivity index (χ1v) is 5.98. The molecule has 1 unspecified atom stereocenters. The van der Waals surface area contributed by atoms with Crippen molar-refractivity contribution >= 4 is 18.3 Å². The zero-order chi connectivity index (χ0) is 12.1. The van der Waals surface area contributed by atoms with Gasteiger partial charge in [0.2, 0.25) is 5.91 Å². The van der Waals surface area contributed by atoms with Gasteiger partial charge in [0.15, 0.2) is 0 Å². The highest BCUT2D eigenvalue weighted by molar-refractivity contribution is 5.85. The maximum atomic E-state index is 12.7. The minimum atomic E-state index is -0.273. The van der Waals surface area contributed by atoms with Crippen molar-refractivity contribution in [1.82, 2.24) is 10.6 Å². The Labute approximate surface area is 113 Å². The van der Waals surface area contributed by atoms with Gasteiger partial charge in [0.1, 0.15) is 5.82 Å². The van der Waals surface area contributed by atoms with E-state index >= 15 is 0 Å². The molecule has 1 heterocycles. The molecule has 1 aliphatic heterocycles. The lowest BCUT2D eigenvalue weighted by atomic mass is 10.1. The normalized spacial score (nSPS) is 18.8. The molecule has 0 aromatic heterocycles. The van der Waals surface area contributed by atoms with E-state index in [2.05, 4.69) is 10.6 Å². The fourth-order valence-electron chi connectivity index (χ4n) is 2.04. The van der Waals surface area contributed by atoms with E-state index in [1.165, 1.54) is 12.1 Å². The fraction of sp³-hybridized carbons (Fsp3) is 0.462. The number of amides is 1. The molecule has 1 saturated heterocycles. The van der Waals surface area contributed by atoms with E-state index < -0.39 is 0 Å². The first kappa shape index (κ1) is 14.9. The zero-order valence-corrected chi connectivity index (χ0v) is 10.9. The fourth-order valence-corrected chi connectivity index (χ4v) is 2.04. The van der Waals surface area contributed by atoms with Crippen molar-refractivity contribution in [1.29, 1.82) is 0 Å². The lowest BCUT2D eigenvalue weighted by molar-refractivity contribution is -0.121. The second-order valence-electron chi connectivity index (χ2n) is 4.41. The second-order valence-corrected chi connectivity index (χ2v) is 4.41. The molecule has 18 heavy (non-hydrogen) atoms. The van der Waals surface area contributed by atoms with Gasteiger partial charge in [-0.25, -0.2) is 4.39 Å². The lowest BCUT2D eigenvalue weighted by Gasteiger charge is -2.23. The van der Waals surface area contributed by atoms with E-state index in [1.807, 2.05) is 0 Å². The number of halogens is 2. The molecule has 1 aromatic rings. The molecule has 0 saturated carbocycles. The Morgan fingerprint density at radius 3 is 2.72 bits per heavy atom. The summed E-state index contributed by atoms with van der Waals surface area (Å²) in [7, 11) is 0. The number of benzene rings is 1. The Morgan fingerprint density at radius 1 is 1.39 bits per heavy atom. The number of piperidine rings is 1. The summed E-state index contributed by atoms with van der Waals surface area (Å²) < 4.78 is 12.7. The van der Waals surface area contributed by atoms with E-state index in [4.69, 9.17) is 0 Å². The van der Waals surface area contributed by atoms with Crippen LogP contribution in [0, 0.1) is 5.82 Å². The van der Waals surface area contributed by atoms with Crippen molar-refractivity contribution in [3.05, 3.63) is 35.6 Å². The molecule has 2 rings (SSSR count). The first-order chi connectivity index (χ1) is 8.24. The number of hydrogen-bond donors (Lipinski definition) is 2.